The first-order valence-electron chi connectivity index (χ1n) is 6.77. The van der Waals surface area contributed by atoms with Crippen LogP contribution >= 0.6 is 11.8 Å². The van der Waals surface area contributed by atoms with Crippen LogP contribution in [0.1, 0.15) is 40.2 Å². The Labute approximate surface area is 129 Å². The molecule has 0 saturated carbocycles. The molecule has 0 spiro atoms. The first-order valence-corrected chi connectivity index (χ1v) is 8.90. The molecular formula is C15H25NO2S2. The van der Waals surface area contributed by atoms with Crippen LogP contribution in [0, 0.1) is 0 Å². The fraction of sp³-hybridized carbons (Fsp3) is 0.600. The van der Waals surface area contributed by atoms with Crippen molar-refractivity contribution in [3.05, 3.63) is 29.8 Å². The second kappa shape index (κ2) is 7.18. The third kappa shape index (κ3) is 4.67. The van der Waals surface area contributed by atoms with Crippen LogP contribution < -0.4 is 4.72 Å². The van der Waals surface area contributed by atoms with Crippen molar-refractivity contribution in [2.75, 3.05) is 12.4 Å². The van der Waals surface area contributed by atoms with Gasteiger partial charge in [-0.15, -0.1) is 16.5 Å². The first kappa shape index (κ1) is 17.9. The molecule has 114 valence electrons. The Hall–Kier alpha value is -0.200. The van der Waals surface area contributed by atoms with E-state index in [1.165, 1.54) is 4.90 Å². The molecule has 2 N–H and O–H groups in total. The highest BCUT2D eigenvalue weighted by molar-refractivity contribution is 7.99. The number of benzene rings is 1. The van der Waals surface area contributed by atoms with Gasteiger partial charge in [0.25, 0.3) is 0 Å². The maximum Gasteiger partial charge on any atom is 0.136 e. The zero-order chi connectivity index (χ0) is 15.4. The van der Waals surface area contributed by atoms with E-state index in [1.807, 2.05) is 52.0 Å². The van der Waals surface area contributed by atoms with Crippen LogP contribution in [0.5, 0.6) is 0 Å². The van der Waals surface area contributed by atoms with E-state index < -0.39 is 16.9 Å². The van der Waals surface area contributed by atoms with Crippen LogP contribution in [0.3, 0.4) is 0 Å². The standard InChI is InChI=1S/C15H25NO2S2/c1-6-19-13-9-7-12(8-10-13)15(5,11-17)16-20(18)14(2,3)4/h7-10,16-17H,6,11H2,1-5H3. The lowest BCUT2D eigenvalue weighted by molar-refractivity contribution is 0.195. The van der Waals surface area contributed by atoms with Crippen molar-refractivity contribution in [1.29, 1.82) is 0 Å². The van der Waals surface area contributed by atoms with Gasteiger partial charge in [0.2, 0.25) is 0 Å². The minimum absolute atomic E-state index is 0.102. The summed E-state index contributed by atoms with van der Waals surface area (Å²) in [5, 5.41) is 9.72. The Morgan fingerprint density at radius 1 is 1.20 bits per heavy atom. The van der Waals surface area contributed by atoms with Crippen molar-refractivity contribution in [2.24, 2.45) is 0 Å². The van der Waals surface area contributed by atoms with Gasteiger partial charge in [0.15, 0.2) is 0 Å². The molecule has 2 unspecified atom stereocenters. The van der Waals surface area contributed by atoms with Crippen molar-refractivity contribution >= 4 is 23.1 Å². The van der Waals surface area contributed by atoms with E-state index in [0.29, 0.717) is 0 Å². The minimum atomic E-state index is -1.23. The van der Waals surface area contributed by atoms with E-state index in [0.717, 1.165) is 11.3 Å². The molecule has 0 aliphatic carbocycles. The molecule has 0 fully saturated rings. The number of hydrogen-bond donors (Lipinski definition) is 2. The van der Waals surface area contributed by atoms with Crippen molar-refractivity contribution < 1.29 is 9.66 Å². The second-order valence-corrected chi connectivity index (χ2v) is 9.23. The highest BCUT2D eigenvalue weighted by Gasteiger charge is 2.36. The Balaban J connectivity index is 2.92. The number of aliphatic hydroxyl groups excluding tert-OH is 1. The third-order valence-electron chi connectivity index (χ3n) is 2.99. The normalized spacial score (nSPS) is 16.8. The molecular weight excluding hydrogens is 290 g/mol. The Bertz CT molecular complexity index is 417. The summed E-state index contributed by atoms with van der Waals surface area (Å²) in [5.74, 6) is 1.03. The minimum Gasteiger partial charge on any atom is -0.598 e. The molecule has 1 aromatic carbocycles. The van der Waals surface area contributed by atoms with E-state index in [1.54, 1.807) is 11.8 Å². The molecule has 0 aromatic heterocycles. The van der Waals surface area contributed by atoms with Gasteiger partial charge >= 0.3 is 0 Å². The highest BCUT2D eigenvalue weighted by Crippen LogP contribution is 2.27. The lowest BCUT2D eigenvalue weighted by Crippen LogP contribution is -2.51. The molecule has 5 heteroatoms. The number of hydrogen-bond acceptors (Lipinski definition) is 4. The molecule has 0 aliphatic heterocycles. The third-order valence-corrected chi connectivity index (χ3v) is 5.64. The monoisotopic (exact) mass is 315 g/mol. The Morgan fingerprint density at radius 3 is 2.15 bits per heavy atom. The van der Waals surface area contributed by atoms with Crippen LogP contribution in [0.4, 0.5) is 0 Å². The van der Waals surface area contributed by atoms with Gasteiger partial charge in [0, 0.05) is 16.3 Å². The van der Waals surface area contributed by atoms with Crippen LogP contribution in [0.25, 0.3) is 0 Å². The van der Waals surface area contributed by atoms with Gasteiger partial charge < -0.3 is 9.66 Å². The zero-order valence-electron chi connectivity index (χ0n) is 12.9. The lowest BCUT2D eigenvalue weighted by atomic mass is 9.94. The maximum atomic E-state index is 12.3. The predicted molar refractivity (Wildman–Crippen MR) is 88.3 cm³/mol. The van der Waals surface area contributed by atoms with Crippen molar-refractivity contribution in [3.8, 4) is 0 Å². The molecule has 1 rings (SSSR count). The van der Waals surface area contributed by atoms with Gasteiger partial charge in [0.05, 0.1) is 6.61 Å². The van der Waals surface area contributed by atoms with E-state index in [2.05, 4.69) is 11.6 Å². The second-order valence-electron chi connectivity index (χ2n) is 5.93. The summed E-state index contributed by atoms with van der Waals surface area (Å²) in [5.41, 5.74) is 0.242. The fourth-order valence-electron chi connectivity index (χ4n) is 1.63. The van der Waals surface area contributed by atoms with Gasteiger partial charge in [0.1, 0.15) is 10.3 Å². The van der Waals surface area contributed by atoms with E-state index in [4.69, 9.17) is 0 Å². The number of thioether (sulfide) groups is 1. The molecule has 2 atom stereocenters. The summed E-state index contributed by atoms with van der Waals surface area (Å²) in [6.45, 7) is 9.62. The Kier molecular flexibility index (Phi) is 6.41. The Morgan fingerprint density at radius 2 is 1.75 bits per heavy atom. The summed E-state index contributed by atoms with van der Waals surface area (Å²) in [4.78, 5) is 1.20. The highest BCUT2D eigenvalue weighted by atomic mass is 32.2. The SMILES string of the molecule is CCSc1ccc(C(C)(CO)N[S+]([O-])C(C)(C)C)cc1. The molecule has 0 radical (unpaired) electrons. The number of aliphatic hydroxyl groups is 1. The molecule has 0 heterocycles. The van der Waals surface area contributed by atoms with Gasteiger partial charge in [-0.25, -0.2) is 0 Å². The van der Waals surface area contributed by atoms with Gasteiger partial charge in [-0.2, -0.15) is 0 Å². The quantitative estimate of drug-likeness (QED) is 0.626. The molecule has 0 aliphatic rings. The van der Waals surface area contributed by atoms with Crippen LogP contribution in [0.15, 0.2) is 29.2 Å². The number of rotatable bonds is 6. The summed E-state index contributed by atoms with van der Waals surface area (Å²) in [7, 11) is 0. The molecule has 0 saturated heterocycles. The van der Waals surface area contributed by atoms with Crippen molar-refractivity contribution in [2.45, 2.75) is 49.8 Å². The van der Waals surface area contributed by atoms with Gasteiger partial charge in [-0.1, -0.05) is 19.1 Å². The van der Waals surface area contributed by atoms with Crippen LogP contribution in [-0.2, 0) is 16.9 Å². The summed E-state index contributed by atoms with van der Waals surface area (Å²) in [6.07, 6.45) is 0. The van der Waals surface area contributed by atoms with Gasteiger partial charge in [-0.05, 0) is 51.1 Å². The van der Waals surface area contributed by atoms with E-state index in [9.17, 15) is 9.66 Å². The summed E-state index contributed by atoms with van der Waals surface area (Å²) >= 11 is 0.546. The molecule has 0 bridgehead atoms. The van der Waals surface area contributed by atoms with Gasteiger partial charge in [-0.3, -0.25) is 0 Å². The van der Waals surface area contributed by atoms with E-state index in [-0.39, 0.29) is 11.4 Å². The van der Waals surface area contributed by atoms with Crippen molar-refractivity contribution in [3.63, 3.8) is 0 Å². The zero-order valence-corrected chi connectivity index (χ0v) is 14.5. The topological polar surface area (TPSA) is 55.3 Å². The molecule has 20 heavy (non-hydrogen) atoms. The molecule has 3 nitrogen and oxygen atoms in total. The van der Waals surface area contributed by atoms with Crippen LogP contribution in [-0.4, -0.2) is 26.8 Å². The first-order chi connectivity index (χ1) is 9.23. The van der Waals surface area contributed by atoms with E-state index >= 15 is 0 Å². The summed E-state index contributed by atoms with van der Waals surface area (Å²) in [6, 6.07) is 8.06. The maximum absolute atomic E-state index is 12.3. The lowest BCUT2D eigenvalue weighted by Gasteiger charge is -2.34. The average molecular weight is 316 g/mol. The average Bonchev–Trinajstić information content (AvgIpc) is 2.38. The van der Waals surface area contributed by atoms with Crippen molar-refractivity contribution in [1.82, 2.24) is 4.72 Å². The smallest absolute Gasteiger partial charge is 0.136 e. The predicted octanol–water partition coefficient (Wildman–Crippen LogP) is 3.06. The molecule has 0 amide bonds. The largest absolute Gasteiger partial charge is 0.598 e. The summed E-state index contributed by atoms with van der Waals surface area (Å²) < 4.78 is 15.0. The number of nitrogens with one attached hydrogen (secondary N) is 1. The van der Waals surface area contributed by atoms with Crippen LogP contribution in [0.2, 0.25) is 0 Å². The molecule has 1 aromatic rings. The fourth-order valence-corrected chi connectivity index (χ4v) is 3.19.